The second-order valence-electron chi connectivity index (χ2n) is 5.96. The Morgan fingerprint density at radius 2 is 1.95 bits per heavy atom. The number of ketones is 1. The average Bonchev–Trinajstić information content (AvgIpc) is 2.32. The van der Waals surface area contributed by atoms with Gasteiger partial charge in [-0.15, -0.1) is 0 Å². The van der Waals surface area contributed by atoms with Gasteiger partial charge in [-0.05, 0) is 25.5 Å². The lowest BCUT2D eigenvalue weighted by Gasteiger charge is -2.33. The van der Waals surface area contributed by atoms with Gasteiger partial charge >= 0.3 is 6.18 Å². The zero-order chi connectivity index (χ0) is 15.1. The molecule has 2 nitrogen and oxygen atoms in total. The normalized spacial score (nSPS) is 19.5. The molecule has 1 aromatic rings. The SMILES string of the molecule is Cc1ccc2c(c1)C(=O)C(CC(C)(C)C(F)(F)F)CO2. The average molecular weight is 286 g/mol. The molecule has 1 unspecified atom stereocenters. The molecule has 0 aromatic heterocycles. The molecule has 0 amide bonds. The zero-order valence-corrected chi connectivity index (χ0v) is 11.7. The van der Waals surface area contributed by atoms with Crippen LogP contribution in [-0.4, -0.2) is 18.6 Å². The van der Waals surface area contributed by atoms with E-state index in [4.69, 9.17) is 4.74 Å². The highest BCUT2D eigenvalue weighted by atomic mass is 19.4. The van der Waals surface area contributed by atoms with Crippen molar-refractivity contribution in [1.29, 1.82) is 0 Å². The highest BCUT2D eigenvalue weighted by molar-refractivity contribution is 6.01. The van der Waals surface area contributed by atoms with Crippen molar-refractivity contribution in [2.75, 3.05) is 6.61 Å². The number of halogens is 3. The van der Waals surface area contributed by atoms with Gasteiger partial charge < -0.3 is 4.74 Å². The quantitative estimate of drug-likeness (QED) is 0.815. The molecule has 0 saturated carbocycles. The number of ether oxygens (including phenoxy) is 1. The molecular formula is C15H17F3O2. The van der Waals surface area contributed by atoms with E-state index in [0.29, 0.717) is 11.3 Å². The van der Waals surface area contributed by atoms with Crippen LogP contribution in [0.5, 0.6) is 5.75 Å². The molecule has 0 spiro atoms. The summed E-state index contributed by atoms with van der Waals surface area (Å²) in [7, 11) is 0. The lowest BCUT2D eigenvalue weighted by Crippen LogP contribution is -2.39. The van der Waals surface area contributed by atoms with Crippen LogP contribution in [0.1, 0.15) is 36.2 Å². The number of alkyl halides is 3. The number of Topliss-reactive ketones (excluding diaryl/α,β-unsaturated/α-hetero) is 1. The van der Waals surface area contributed by atoms with Crippen LogP contribution in [0.2, 0.25) is 0 Å². The van der Waals surface area contributed by atoms with Gasteiger partial charge in [-0.3, -0.25) is 4.79 Å². The molecule has 1 aliphatic heterocycles. The molecule has 0 radical (unpaired) electrons. The summed E-state index contributed by atoms with van der Waals surface area (Å²) in [5.74, 6) is -0.546. The Bertz CT molecular complexity index is 532. The van der Waals surface area contributed by atoms with Gasteiger partial charge in [0.05, 0.1) is 23.5 Å². The fourth-order valence-corrected chi connectivity index (χ4v) is 2.33. The molecule has 20 heavy (non-hydrogen) atoms. The van der Waals surface area contributed by atoms with Gasteiger partial charge in [-0.25, -0.2) is 0 Å². The molecule has 0 N–H and O–H groups in total. The van der Waals surface area contributed by atoms with E-state index >= 15 is 0 Å². The Kier molecular flexibility index (Phi) is 3.56. The molecule has 0 fully saturated rings. The second kappa shape index (κ2) is 4.79. The van der Waals surface area contributed by atoms with E-state index in [9.17, 15) is 18.0 Å². The van der Waals surface area contributed by atoms with Crippen molar-refractivity contribution in [3.8, 4) is 5.75 Å². The molecule has 0 aliphatic carbocycles. The minimum atomic E-state index is -4.33. The van der Waals surface area contributed by atoms with Crippen molar-refractivity contribution >= 4 is 5.78 Å². The summed E-state index contributed by atoms with van der Waals surface area (Å²) in [4.78, 5) is 12.3. The predicted molar refractivity (Wildman–Crippen MR) is 68.9 cm³/mol. The maximum atomic E-state index is 12.9. The van der Waals surface area contributed by atoms with Crippen molar-refractivity contribution < 1.29 is 22.7 Å². The van der Waals surface area contributed by atoms with Crippen molar-refractivity contribution in [3.05, 3.63) is 29.3 Å². The van der Waals surface area contributed by atoms with Crippen molar-refractivity contribution in [3.63, 3.8) is 0 Å². The van der Waals surface area contributed by atoms with Gasteiger partial charge in [0.2, 0.25) is 0 Å². The summed E-state index contributed by atoms with van der Waals surface area (Å²) >= 11 is 0. The minimum absolute atomic E-state index is 0.00834. The Morgan fingerprint density at radius 1 is 1.30 bits per heavy atom. The highest BCUT2D eigenvalue weighted by Gasteiger charge is 2.49. The number of aryl methyl sites for hydroxylation is 1. The molecule has 110 valence electrons. The van der Waals surface area contributed by atoms with Crippen molar-refractivity contribution in [2.45, 2.75) is 33.4 Å². The van der Waals surface area contributed by atoms with E-state index in [2.05, 4.69) is 0 Å². The monoisotopic (exact) mass is 286 g/mol. The number of carbonyl (C=O) groups is 1. The van der Waals surface area contributed by atoms with E-state index < -0.39 is 17.5 Å². The molecule has 2 rings (SSSR count). The molecule has 1 aliphatic rings. The molecule has 0 saturated heterocycles. The maximum Gasteiger partial charge on any atom is 0.394 e. The Balaban J connectivity index is 2.24. The van der Waals surface area contributed by atoms with Crippen LogP contribution in [0.25, 0.3) is 0 Å². The fraction of sp³-hybridized carbons (Fsp3) is 0.533. The first-order valence-electron chi connectivity index (χ1n) is 6.46. The number of benzene rings is 1. The Labute approximate surface area is 115 Å². The van der Waals surface area contributed by atoms with Gasteiger partial charge in [0.1, 0.15) is 5.75 Å². The minimum Gasteiger partial charge on any atom is -0.492 e. The third kappa shape index (κ3) is 2.67. The highest BCUT2D eigenvalue weighted by Crippen LogP contribution is 2.44. The summed E-state index contributed by atoms with van der Waals surface area (Å²) in [6, 6.07) is 5.17. The Morgan fingerprint density at radius 3 is 2.55 bits per heavy atom. The molecule has 1 heterocycles. The maximum absolute atomic E-state index is 12.9. The first-order chi connectivity index (χ1) is 9.12. The standard InChI is InChI=1S/C15H17F3O2/c1-9-4-5-12-11(6-9)13(19)10(8-20-12)7-14(2,3)15(16,17)18/h4-6,10H,7-8H2,1-3H3. The Hall–Kier alpha value is -1.52. The van der Waals surface area contributed by atoms with Crippen LogP contribution in [-0.2, 0) is 0 Å². The lowest BCUT2D eigenvalue weighted by atomic mass is 9.78. The van der Waals surface area contributed by atoms with Crippen LogP contribution < -0.4 is 4.74 Å². The van der Waals surface area contributed by atoms with E-state index in [0.717, 1.165) is 19.4 Å². The van der Waals surface area contributed by atoms with Crippen molar-refractivity contribution in [2.24, 2.45) is 11.3 Å². The number of carbonyl (C=O) groups excluding carboxylic acids is 1. The van der Waals surface area contributed by atoms with E-state index in [1.165, 1.54) is 0 Å². The van der Waals surface area contributed by atoms with Gasteiger partial charge in [-0.1, -0.05) is 25.5 Å². The van der Waals surface area contributed by atoms with E-state index in [1.807, 2.05) is 13.0 Å². The summed E-state index contributed by atoms with van der Waals surface area (Å²) < 4.78 is 44.2. The van der Waals surface area contributed by atoms with Crippen LogP contribution in [0.15, 0.2) is 18.2 Å². The number of hydrogen-bond donors (Lipinski definition) is 0. The van der Waals surface area contributed by atoms with Crippen LogP contribution in [0, 0.1) is 18.3 Å². The van der Waals surface area contributed by atoms with Crippen LogP contribution in [0.4, 0.5) is 13.2 Å². The third-order valence-electron chi connectivity index (χ3n) is 3.74. The first kappa shape index (κ1) is 14.9. The van der Waals surface area contributed by atoms with Crippen LogP contribution in [0.3, 0.4) is 0 Å². The van der Waals surface area contributed by atoms with E-state index in [1.54, 1.807) is 12.1 Å². The largest absolute Gasteiger partial charge is 0.492 e. The van der Waals surface area contributed by atoms with Crippen molar-refractivity contribution in [1.82, 2.24) is 0 Å². The van der Waals surface area contributed by atoms with Gasteiger partial charge in [-0.2, -0.15) is 13.2 Å². The number of fused-ring (bicyclic) bond motifs is 1. The second-order valence-corrected chi connectivity index (χ2v) is 5.96. The lowest BCUT2D eigenvalue weighted by molar-refractivity contribution is -0.216. The summed E-state index contributed by atoms with van der Waals surface area (Å²) in [5, 5.41) is 0. The van der Waals surface area contributed by atoms with Gasteiger partial charge in [0.25, 0.3) is 0 Å². The third-order valence-corrected chi connectivity index (χ3v) is 3.74. The summed E-state index contributed by atoms with van der Waals surface area (Å²) in [6.07, 6.45) is -4.59. The molecular weight excluding hydrogens is 269 g/mol. The predicted octanol–water partition coefficient (Wildman–Crippen LogP) is 4.16. The fourth-order valence-electron chi connectivity index (χ4n) is 2.33. The van der Waals surface area contributed by atoms with E-state index in [-0.39, 0.29) is 18.8 Å². The molecule has 5 heteroatoms. The smallest absolute Gasteiger partial charge is 0.394 e. The van der Waals surface area contributed by atoms with Gasteiger partial charge in [0.15, 0.2) is 5.78 Å². The molecule has 1 atom stereocenters. The summed E-state index contributed by atoms with van der Waals surface area (Å²) in [6.45, 7) is 4.07. The molecule has 1 aromatic carbocycles. The van der Waals surface area contributed by atoms with Crippen LogP contribution >= 0.6 is 0 Å². The number of hydrogen-bond acceptors (Lipinski definition) is 2. The zero-order valence-electron chi connectivity index (χ0n) is 11.7. The first-order valence-corrected chi connectivity index (χ1v) is 6.46. The van der Waals surface area contributed by atoms with Gasteiger partial charge in [0, 0.05) is 0 Å². The number of rotatable bonds is 2. The molecule has 0 bridgehead atoms. The summed E-state index contributed by atoms with van der Waals surface area (Å²) in [5.41, 5.74) is -0.631. The topological polar surface area (TPSA) is 26.3 Å².